The molecule has 0 aliphatic rings. The summed E-state index contributed by atoms with van der Waals surface area (Å²) in [6.45, 7) is 5.06. The standard InChI is InChI=1S/C15H24N2O3/c1-15(2,14(16)17-18)9-11-20-13-6-4-12(5-7-13)8-10-19-3/h4-7,18H,8-11H2,1-3H3,(H2,16,17). The monoisotopic (exact) mass is 280 g/mol. The molecule has 1 aromatic carbocycles. The van der Waals surface area contributed by atoms with E-state index in [0.717, 1.165) is 12.2 Å². The zero-order valence-electron chi connectivity index (χ0n) is 12.4. The van der Waals surface area contributed by atoms with Gasteiger partial charge in [-0.2, -0.15) is 0 Å². The van der Waals surface area contributed by atoms with Crippen LogP contribution in [0.4, 0.5) is 0 Å². The van der Waals surface area contributed by atoms with Gasteiger partial charge in [0.1, 0.15) is 11.6 Å². The van der Waals surface area contributed by atoms with Gasteiger partial charge in [-0.05, 0) is 30.5 Å². The minimum absolute atomic E-state index is 0.219. The highest BCUT2D eigenvalue weighted by atomic mass is 16.5. The number of rotatable bonds is 8. The van der Waals surface area contributed by atoms with E-state index in [2.05, 4.69) is 5.16 Å². The van der Waals surface area contributed by atoms with E-state index >= 15 is 0 Å². The van der Waals surface area contributed by atoms with Gasteiger partial charge in [-0.15, -0.1) is 0 Å². The van der Waals surface area contributed by atoms with Crippen LogP contribution in [0.5, 0.6) is 5.75 Å². The Bertz CT molecular complexity index is 427. The van der Waals surface area contributed by atoms with Gasteiger partial charge in [0.25, 0.3) is 0 Å². The molecule has 0 radical (unpaired) electrons. The molecular formula is C15H24N2O3. The highest BCUT2D eigenvalue weighted by molar-refractivity contribution is 5.85. The van der Waals surface area contributed by atoms with Crippen LogP contribution in [0.1, 0.15) is 25.8 Å². The molecule has 0 aliphatic heterocycles. The molecule has 112 valence electrons. The molecule has 0 atom stereocenters. The van der Waals surface area contributed by atoms with Crippen molar-refractivity contribution in [2.24, 2.45) is 16.3 Å². The van der Waals surface area contributed by atoms with Gasteiger partial charge in [-0.25, -0.2) is 0 Å². The predicted octanol–water partition coefficient (Wildman–Crippen LogP) is 2.42. The maximum atomic E-state index is 8.70. The van der Waals surface area contributed by atoms with Crippen molar-refractivity contribution in [3.8, 4) is 5.75 Å². The molecule has 0 aliphatic carbocycles. The summed E-state index contributed by atoms with van der Waals surface area (Å²) in [7, 11) is 1.70. The van der Waals surface area contributed by atoms with E-state index in [1.807, 2.05) is 38.1 Å². The highest BCUT2D eigenvalue weighted by Gasteiger charge is 2.23. The molecule has 0 saturated heterocycles. The predicted molar refractivity (Wildman–Crippen MR) is 79.3 cm³/mol. The van der Waals surface area contributed by atoms with Crippen molar-refractivity contribution in [2.45, 2.75) is 26.7 Å². The molecular weight excluding hydrogens is 256 g/mol. The Morgan fingerprint density at radius 1 is 1.25 bits per heavy atom. The van der Waals surface area contributed by atoms with Crippen molar-refractivity contribution in [3.05, 3.63) is 29.8 Å². The zero-order chi connectivity index (χ0) is 15.0. The number of nitrogens with zero attached hydrogens (tertiary/aromatic N) is 1. The Hall–Kier alpha value is -1.75. The summed E-state index contributed by atoms with van der Waals surface area (Å²) < 4.78 is 10.7. The molecule has 0 aromatic heterocycles. The number of oxime groups is 1. The zero-order valence-corrected chi connectivity index (χ0v) is 12.4. The van der Waals surface area contributed by atoms with Gasteiger partial charge < -0.3 is 20.4 Å². The summed E-state index contributed by atoms with van der Waals surface area (Å²) in [5, 5.41) is 11.8. The third-order valence-electron chi connectivity index (χ3n) is 3.32. The SMILES string of the molecule is COCCc1ccc(OCCC(C)(C)C(N)=NO)cc1. The lowest BCUT2D eigenvalue weighted by molar-refractivity contribution is 0.202. The van der Waals surface area contributed by atoms with Crippen LogP contribution in [0.3, 0.4) is 0 Å². The van der Waals surface area contributed by atoms with Gasteiger partial charge in [0.05, 0.1) is 13.2 Å². The summed E-state index contributed by atoms with van der Waals surface area (Å²) in [4.78, 5) is 0. The van der Waals surface area contributed by atoms with Gasteiger partial charge in [0.2, 0.25) is 0 Å². The minimum Gasteiger partial charge on any atom is -0.494 e. The number of hydrogen-bond donors (Lipinski definition) is 2. The average molecular weight is 280 g/mol. The van der Waals surface area contributed by atoms with Crippen LogP contribution in [-0.4, -0.2) is 31.4 Å². The van der Waals surface area contributed by atoms with E-state index in [1.54, 1.807) is 7.11 Å². The summed E-state index contributed by atoms with van der Waals surface area (Å²) in [6.07, 6.45) is 1.57. The number of hydrogen-bond acceptors (Lipinski definition) is 4. The first-order valence-corrected chi connectivity index (χ1v) is 6.68. The first-order chi connectivity index (χ1) is 9.49. The fourth-order valence-corrected chi connectivity index (χ4v) is 1.66. The van der Waals surface area contributed by atoms with Gasteiger partial charge in [-0.1, -0.05) is 31.1 Å². The molecule has 0 amide bonds. The minimum atomic E-state index is -0.382. The summed E-state index contributed by atoms with van der Waals surface area (Å²) in [5.41, 5.74) is 6.47. The van der Waals surface area contributed by atoms with Crippen LogP contribution in [0.15, 0.2) is 29.4 Å². The number of benzene rings is 1. The fraction of sp³-hybridized carbons (Fsp3) is 0.533. The van der Waals surface area contributed by atoms with Gasteiger partial charge in [0, 0.05) is 12.5 Å². The Morgan fingerprint density at radius 3 is 2.45 bits per heavy atom. The second kappa shape index (κ2) is 7.75. The lowest BCUT2D eigenvalue weighted by atomic mass is 9.88. The maximum absolute atomic E-state index is 8.70. The van der Waals surface area contributed by atoms with E-state index in [4.69, 9.17) is 20.4 Å². The third kappa shape index (κ3) is 5.09. The maximum Gasteiger partial charge on any atom is 0.144 e. The molecule has 1 rings (SSSR count). The molecule has 0 fully saturated rings. The van der Waals surface area contributed by atoms with Gasteiger partial charge >= 0.3 is 0 Å². The molecule has 20 heavy (non-hydrogen) atoms. The van der Waals surface area contributed by atoms with Crippen molar-refractivity contribution in [1.29, 1.82) is 0 Å². The van der Waals surface area contributed by atoms with E-state index in [9.17, 15) is 0 Å². The molecule has 0 unspecified atom stereocenters. The summed E-state index contributed by atoms with van der Waals surface area (Å²) >= 11 is 0. The first kappa shape index (κ1) is 16.3. The van der Waals surface area contributed by atoms with Crippen LogP contribution < -0.4 is 10.5 Å². The molecule has 5 heteroatoms. The third-order valence-corrected chi connectivity index (χ3v) is 3.32. The normalized spacial score (nSPS) is 12.4. The van der Waals surface area contributed by atoms with Crippen LogP contribution >= 0.6 is 0 Å². The van der Waals surface area contributed by atoms with Crippen molar-refractivity contribution in [2.75, 3.05) is 20.3 Å². The van der Waals surface area contributed by atoms with Crippen molar-refractivity contribution >= 4 is 5.84 Å². The molecule has 0 saturated carbocycles. The van der Waals surface area contributed by atoms with Crippen molar-refractivity contribution < 1.29 is 14.7 Å². The van der Waals surface area contributed by atoms with Crippen molar-refractivity contribution in [1.82, 2.24) is 0 Å². The average Bonchev–Trinajstić information content (AvgIpc) is 2.45. The molecule has 0 spiro atoms. The summed E-state index contributed by atoms with van der Waals surface area (Å²) in [6, 6.07) is 7.95. The van der Waals surface area contributed by atoms with Crippen molar-refractivity contribution in [3.63, 3.8) is 0 Å². The molecule has 3 N–H and O–H groups in total. The smallest absolute Gasteiger partial charge is 0.144 e. The molecule has 0 heterocycles. The van der Waals surface area contributed by atoms with Gasteiger partial charge in [0.15, 0.2) is 0 Å². The molecule has 0 bridgehead atoms. The van der Waals surface area contributed by atoms with Crippen LogP contribution in [0.25, 0.3) is 0 Å². The fourth-order valence-electron chi connectivity index (χ4n) is 1.66. The quantitative estimate of drug-likeness (QED) is 0.332. The highest BCUT2D eigenvalue weighted by Crippen LogP contribution is 2.21. The number of nitrogens with two attached hydrogens (primary N) is 1. The second-order valence-electron chi connectivity index (χ2n) is 5.35. The molecule has 1 aromatic rings. The number of methoxy groups -OCH3 is 1. The Kier molecular flexibility index (Phi) is 6.31. The first-order valence-electron chi connectivity index (χ1n) is 6.68. The Balaban J connectivity index is 2.42. The topological polar surface area (TPSA) is 77.1 Å². The Morgan fingerprint density at radius 2 is 1.90 bits per heavy atom. The second-order valence-corrected chi connectivity index (χ2v) is 5.35. The lowest BCUT2D eigenvalue weighted by Crippen LogP contribution is -2.33. The van der Waals surface area contributed by atoms with E-state index in [1.165, 1.54) is 5.56 Å². The Labute approximate surface area is 120 Å². The van der Waals surface area contributed by atoms with Crippen LogP contribution in [-0.2, 0) is 11.2 Å². The van der Waals surface area contributed by atoms with E-state index < -0.39 is 0 Å². The molecule has 5 nitrogen and oxygen atoms in total. The van der Waals surface area contributed by atoms with Crippen LogP contribution in [0, 0.1) is 5.41 Å². The van der Waals surface area contributed by atoms with Gasteiger partial charge in [-0.3, -0.25) is 0 Å². The largest absolute Gasteiger partial charge is 0.494 e. The number of ether oxygens (including phenoxy) is 2. The van der Waals surface area contributed by atoms with E-state index in [-0.39, 0.29) is 11.3 Å². The summed E-state index contributed by atoms with van der Waals surface area (Å²) in [5.74, 6) is 1.04. The van der Waals surface area contributed by atoms with Crippen LogP contribution in [0.2, 0.25) is 0 Å². The van der Waals surface area contributed by atoms with E-state index in [0.29, 0.717) is 19.6 Å². The lowest BCUT2D eigenvalue weighted by Gasteiger charge is -2.22. The number of amidine groups is 1.